The molecule has 0 fully saturated rings. The number of hydrogen-bond acceptors (Lipinski definition) is 6. The zero-order chi connectivity index (χ0) is 18.9. The molecule has 8 heteroatoms. The minimum atomic E-state index is -0.526. The van der Waals surface area contributed by atoms with E-state index in [0.717, 1.165) is 12.0 Å². The van der Waals surface area contributed by atoms with Crippen LogP contribution in [0.2, 0.25) is 0 Å². The Morgan fingerprint density at radius 1 is 1.23 bits per heavy atom. The molecule has 0 heterocycles. The van der Waals surface area contributed by atoms with E-state index in [2.05, 4.69) is 10.5 Å². The van der Waals surface area contributed by atoms with Gasteiger partial charge in [-0.1, -0.05) is 6.92 Å². The lowest BCUT2D eigenvalue weighted by atomic mass is 10.2. The van der Waals surface area contributed by atoms with E-state index in [-0.39, 0.29) is 11.3 Å². The first kappa shape index (κ1) is 18.9. The van der Waals surface area contributed by atoms with Gasteiger partial charge in [-0.25, -0.2) is 5.43 Å². The van der Waals surface area contributed by atoms with Gasteiger partial charge in [-0.3, -0.25) is 14.9 Å². The predicted molar refractivity (Wildman–Crippen MR) is 96.9 cm³/mol. The first-order valence-electron chi connectivity index (χ1n) is 7.94. The van der Waals surface area contributed by atoms with Crippen LogP contribution < -0.4 is 14.9 Å². The van der Waals surface area contributed by atoms with Gasteiger partial charge in [-0.05, 0) is 42.3 Å². The summed E-state index contributed by atoms with van der Waals surface area (Å²) in [5.74, 6) is 0.748. The van der Waals surface area contributed by atoms with E-state index >= 15 is 0 Å². The number of methoxy groups -OCH3 is 1. The maximum absolute atomic E-state index is 12.0. The molecule has 0 saturated heterocycles. The quantitative estimate of drug-likeness (QED) is 0.444. The second-order valence-corrected chi connectivity index (χ2v) is 5.26. The molecule has 0 unspecified atom stereocenters. The summed E-state index contributed by atoms with van der Waals surface area (Å²) in [7, 11) is 1.56. The number of amides is 1. The maximum atomic E-state index is 12.0. The van der Waals surface area contributed by atoms with E-state index in [1.807, 2.05) is 6.92 Å². The molecule has 0 bridgehead atoms. The highest BCUT2D eigenvalue weighted by Crippen LogP contribution is 2.27. The molecule has 26 heavy (non-hydrogen) atoms. The van der Waals surface area contributed by atoms with Crippen molar-refractivity contribution in [1.82, 2.24) is 5.43 Å². The van der Waals surface area contributed by atoms with Crippen molar-refractivity contribution in [2.75, 3.05) is 13.7 Å². The molecule has 2 aromatic rings. The first-order chi connectivity index (χ1) is 12.5. The van der Waals surface area contributed by atoms with Gasteiger partial charge in [0.05, 0.1) is 24.9 Å². The first-order valence-corrected chi connectivity index (χ1v) is 7.94. The number of hydrogen-bond donors (Lipinski definition) is 1. The molecule has 0 atom stereocenters. The average Bonchev–Trinajstić information content (AvgIpc) is 2.66. The van der Waals surface area contributed by atoms with Gasteiger partial charge in [0.15, 0.2) is 11.5 Å². The smallest absolute Gasteiger partial charge is 0.271 e. The Balaban J connectivity index is 2.02. The molecule has 0 saturated carbocycles. The van der Waals surface area contributed by atoms with Crippen LogP contribution in [0.1, 0.15) is 29.3 Å². The Bertz CT molecular complexity index is 803. The number of nitro groups is 1. The number of carbonyl (C=O) groups is 1. The Hall–Kier alpha value is -3.42. The van der Waals surface area contributed by atoms with Gasteiger partial charge in [0.1, 0.15) is 0 Å². The average molecular weight is 357 g/mol. The highest BCUT2D eigenvalue weighted by molar-refractivity contribution is 5.95. The van der Waals surface area contributed by atoms with Crippen molar-refractivity contribution in [3.05, 3.63) is 63.7 Å². The number of nitrogens with one attached hydrogen (secondary N) is 1. The van der Waals surface area contributed by atoms with Crippen LogP contribution in [-0.4, -0.2) is 30.8 Å². The fraction of sp³-hybridized carbons (Fsp3) is 0.222. The van der Waals surface area contributed by atoms with E-state index in [0.29, 0.717) is 18.1 Å². The lowest BCUT2D eigenvalue weighted by Gasteiger charge is -2.10. The van der Waals surface area contributed by atoms with Crippen LogP contribution in [0, 0.1) is 10.1 Å². The zero-order valence-corrected chi connectivity index (χ0v) is 14.5. The molecule has 8 nitrogen and oxygen atoms in total. The minimum Gasteiger partial charge on any atom is -0.493 e. The van der Waals surface area contributed by atoms with E-state index in [9.17, 15) is 14.9 Å². The van der Waals surface area contributed by atoms with Crippen molar-refractivity contribution in [3.8, 4) is 11.5 Å². The molecule has 0 aromatic heterocycles. The second kappa shape index (κ2) is 9.16. The van der Waals surface area contributed by atoms with Gasteiger partial charge in [0, 0.05) is 17.7 Å². The molecular weight excluding hydrogens is 338 g/mol. The van der Waals surface area contributed by atoms with Crippen molar-refractivity contribution in [2.45, 2.75) is 13.3 Å². The molecule has 0 radical (unpaired) electrons. The lowest BCUT2D eigenvalue weighted by molar-refractivity contribution is -0.384. The molecule has 2 rings (SSSR count). The minimum absolute atomic E-state index is 0.0807. The number of benzene rings is 2. The molecule has 1 amide bonds. The molecule has 0 aliphatic carbocycles. The fourth-order valence-corrected chi connectivity index (χ4v) is 2.06. The molecule has 136 valence electrons. The van der Waals surface area contributed by atoms with Gasteiger partial charge >= 0.3 is 0 Å². The van der Waals surface area contributed by atoms with Crippen LogP contribution in [0.25, 0.3) is 0 Å². The van der Waals surface area contributed by atoms with Crippen molar-refractivity contribution >= 4 is 17.8 Å². The number of carbonyl (C=O) groups excluding carboxylic acids is 1. The normalized spacial score (nSPS) is 10.5. The molecule has 2 aromatic carbocycles. The van der Waals surface area contributed by atoms with Crippen LogP contribution in [-0.2, 0) is 0 Å². The Kier molecular flexibility index (Phi) is 6.67. The van der Waals surface area contributed by atoms with E-state index in [1.165, 1.54) is 30.5 Å². The third-order valence-corrected chi connectivity index (χ3v) is 3.37. The molecule has 0 aliphatic rings. The Labute approximate surface area is 150 Å². The largest absolute Gasteiger partial charge is 0.493 e. The third-order valence-electron chi connectivity index (χ3n) is 3.37. The molecule has 0 spiro atoms. The van der Waals surface area contributed by atoms with Gasteiger partial charge < -0.3 is 9.47 Å². The summed E-state index contributed by atoms with van der Waals surface area (Å²) in [6, 6.07) is 10.6. The highest BCUT2D eigenvalue weighted by Gasteiger charge is 2.09. The summed E-state index contributed by atoms with van der Waals surface area (Å²) in [5.41, 5.74) is 3.29. The van der Waals surface area contributed by atoms with Crippen molar-refractivity contribution in [1.29, 1.82) is 0 Å². The number of nitro benzene ring substituents is 1. The van der Waals surface area contributed by atoms with E-state index in [1.54, 1.807) is 25.3 Å². The zero-order valence-electron chi connectivity index (χ0n) is 14.5. The standard InChI is InChI=1S/C18H19N3O5/c1-3-10-26-17-11-13(4-9-16(17)25-2)12-19-20-18(22)14-5-7-15(8-6-14)21(23)24/h4-9,11-12H,3,10H2,1-2H3,(H,20,22)/b19-12+. The van der Waals surface area contributed by atoms with Crippen molar-refractivity contribution in [2.24, 2.45) is 5.10 Å². The molecule has 1 N–H and O–H groups in total. The van der Waals surface area contributed by atoms with Crippen LogP contribution in [0.4, 0.5) is 5.69 Å². The van der Waals surface area contributed by atoms with Crippen LogP contribution >= 0.6 is 0 Å². The summed E-state index contributed by atoms with van der Waals surface area (Å²) in [6.07, 6.45) is 2.34. The summed E-state index contributed by atoms with van der Waals surface area (Å²) in [5, 5.41) is 14.5. The number of ether oxygens (including phenoxy) is 2. The predicted octanol–water partition coefficient (Wildman–Crippen LogP) is 3.16. The fourth-order valence-electron chi connectivity index (χ4n) is 2.06. The molecule has 0 aliphatic heterocycles. The number of rotatable bonds is 8. The lowest BCUT2D eigenvalue weighted by Crippen LogP contribution is -2.17. The van der Waals surface area contributed by atoms with Crippen LogP contribution in [0.5, 0.6) is 11.5 Å². The summed E-state index contributed by atoms with van der Waals surface area (Å²) < 4.78 is 10.9. The van der Waals surface area contributed by atoms with Crippen molar-refractivity contribution < 1.29 is 19.2 Å². The number of non-ortho nitro benzene ring substituents is 1. The van der Waals surface area contributed by atoms with Gasteiger partial charge in [0.2, 0.25) is 0 Å². The third kappa shape index (κ3) is 5.04. The summed E-state index contributed by atoms with van der Waals surface area (Å²) in [4.78, 5) is 22.1. The van der Waals surface area contributed by atoms with Gasteiger partial charge in [0.25, 0.3) is 11.6 Å². The molecular formula is C18H19N3O5. The second-order valence-electron chi connectivity index (χ2n) is 5.26. The maximum Gasteiger partial charge on any atom is 0.271 e. The van der Waals surface area contributed by atoms with Gasteiger partial charge in [-0.2, -0.15) is 5.10 Å². The number of nitrogens with zero attached hydrogens (tertiary/aromatic N) is 2. The Morgan fingerprint density at radius 3 is 2.58 bits per heavy atom. The number of hydrazone groups is 1. The van der Waals surface area contributed by atoms with Crippen LogP contribution in [0.15, 0.2) is 47.6 Å². The van der Waals surface area contributed by atoms with E-state index < -0.39 is 10.8 Å². The van der Waals surface area contributed by atoms with E-state index in [4.69, 9.17) is 9.47 Å². The summed E-state index contributed by atoms with van der Waals surface area (Å²) >= 11 is 0. The monoisotopic (exact) mass is 357 g/mol. The van der Waals surface area contributed by atoms with Crippen LogP contribution in [0.3, 0.4) is 0 Å². The summed E-state index contributed by atoms with van der Waals surface area (Å²) in [6.45, 7) is 2.57. The topological polar surface area (TPSA) is 103 Å². The van der Waals surface area contributed by atoms with Gasteiger partial charge in [-0.15, -0.1) is 0 Å². The Morgan fingerprint density at radius 2 is 1.96 bits per heavy atom. The highest BCUT2D eigenvalue weighted by atomic mass is 16.6. The SMILES string of the molecule is CCCOc1cc(/C=N/NC(=O)c2ccc([N+](=O)[O-])cc2)ccc1OC. The van der Waals surface area contributed by atoms with Crippen molar-refractivity contribution in [3.63, 3.8) is 0 Å².